The van der Waals surface area contributed by atoms with Gasteiger partial charge in [-0.2, -0.15) is 13.2 Å². The highest BCUT2D eigenvalue weighted by atomic mass is 35.5. The maximum absolute atomic E-state index is 12.8. The lowest BCUT2D eigenvalue weighted by Crippen LogP contribution is -2.11. The van der Waals surface area contributed by atoms with E-state index in [1.807, 2.05) is 0 Å². The van der Waals surface area contributed by atoms with Gasteiger partial charge in [0.1, 0.15) is 22.8 Å². The summed E-state index contributed by atoms with van der Waals surface area (Å²) in [6.07, 6.45) is -4.54. The summed E-state index contributed by atoms with van der Waals surface area (Å²) in [5.74, 6) is -0.967. The molecule has 1 aromatic heterocycles. The molecular weight excluding hydrogens is 371 g/mol. The second kappa shape index (κ2) is 6.84. The zero-order valence-electron chi connectivity index (χ0n) is 13.3. The molecule has 2 aromatic carbocycles. The lowest BCUT2D eigenvalue weighted by molar-refractivity contribution is -0.137. The predicted octanol–water partition coefficient (Wildman–Crippen LogP) is 5.54. The molecule has 134 valence electrons. The van der Waals surface area contributed by atoms with Gasteiger partial charge in [0.25, 0.3) is 0 Å². The minimum Gasteiger partial charge on any atom is -0.423 e. The first-order valence-electron chi connectivity index (χ1n) is 7.38. The molecule has 0 aliphatic heterocycles. The number of ether oxygens (including phenoxy) is 1. The summed E-state index contributed by atoms with van der Waals surface area (Å²) in [5, 5.41) is 4.17. The van der Waals surface area contributed by atoms with E-state index in [9.17, 15) is 18.0 Å². The Kier molecular flexibility index (Phi) is 4.73. The number of hydrogen-bond donors (Lipinski definition) is 0. The zero-order valence-corrected chi connectivity index (χ0v) is 14.1. The van der Waals surface area contributed by atoms with Crippen LogP contribution in [0.25, 0.3) is 11.3 Å². The molecule has 3 rings (SSSR count). The molecular formula is C18H11ClF3NO3. The molecule has 0 aliphatic rings. The van der Waals surface area contributed by atoms with Gasteiger partial charge in [-0.05, 0) is 31.2 Å². The van der Waals surface area contributed by atoms with Gasteiger partial charge < -0.3 is 9.26 Å². The number of carbonyl (C=O) groups is 1. The van der Waals surface area contributed by atoms with Crippen LogP contribution in [0.5, 0.6) is 5.75 Å². The molecule has 26 heavy (non-hydrogen) atoms. The third-order valence-electron chi connectivity index (χ3n) is 3.57. The maximum Gasteiger partial charge on any atom is 0.416 e. The quantitative estimate of drug-likeness (QED) is 0.441. The average molecular weight is 382 g/mol. The van der Waals surface area contributed by atoms with Gasteiger partial charge in [0.15, 0.2) is 0 Å². The third-order valence-corrected chi connectivity index (χ3v) is 3.90. The monoisotopic (exact) mass is 381 g/mol. The van der Waals surface area contributed by atoms with Crippen molar-refractivity contribution in [2.75, 3.05) is 0 Å². The van der Waals surface area contributed by atoms with E-state index in [-0.39, 0.29) is 22.8 Å². The summed E-state index contributed by atoms with van der Waals surface area (Å²) >= 11 is 6.12. The summed E-state index contributed by atoms with van der Waals surface area (Å²) in [4.78, 5) is 12.5. The van der Waals surface area contributed by atoms with Crippen molar-refractivity contribution in [3.63, 3.8) is 0 Å². The third kappa shape index (κ3) is 3.57. The first-order chi connectivity index (χ1) is 12.3. The van der Waals surface area contributed by atoms with Crippen molar-refractivity contribution in [1.29, 1.82) is 0 Å². The van der Waals surface area contributed by atoms with Crippen LogP contribution < -0.4 is 4.74 Å². The normalized spacial score (nSPS) is 11.4. The molecule has 0 radical (unpaired) electrons. The van der Waals surface area contributed by atoms with E-state index in [2.05, 4.69) is 5.16 Å². The number of alkyl halides is 3. The van der Waals surface area contributed by atoms with E-state index in [0.29, 0.717) is 10.6 Å². The maximum atomic E-state index is 12.8. The highest BCUT2D eigenvalue weighted by Gasteiger charge is 2.31. The smallest absolute Gasteiger partial charge is 0.416 e. The van der Waals surface area contributed by atoms with Crippen molar-refractivity contribution in [2.45, 2.75) is 13.1 Å². The van der Waals surface area contributed by atoms with Crippen LogP contribution >= 0.6 is 11.6 Å². The second-order valence-electron chi connectivity index (χ2n) is 5.36. The lowest BCUT2D eigenvalue weighted by atomic mass is 10.1. The van der Waals surface area contributed by atoms with Gasteiger partial charge in [-0.3, -0.25) is 0 Å². The van der Waals surface area contributed by atoms with Gasteiger partial charge in [-0.25, -0.2) is 4.79 Å². The van der Waals surface area contributed by atoms with Crippen LogP contribution in [0.15, 0.2) is 53.1 Å². The van der Waals surface area contributed by atoms with Gasteiger partial charge >= 0.3 is 12.1 Å². The minimum absolute atomic E-state index is 0.00416. The number of esters is 1. The Balaban J connectivity index is 1.95. The fourth-order valence-corrected chi connectivity index (χ4v) is 2.57. The summed E-state index contributed by atoms with van der Waals surface area (Å²) in [6, 6.07) is 10.7. The Labute approximate surface area is 151 Å². The fourth-order valence-electron chi connectivity index (χ4n) is 2.34. The van der Waals surface area contributed by atoms with Gasteiger partial charge in [0.05, 0.1) is 10.6 Å². The summed E-state index contributed by atoms with van der Waals surface area (Å²) < 4.78 is 48.5. The molecule has 1 heterocycles. The SMILES string of the molecule is Cc1onc(-c2ccccc2Cl)c1C(=O)Oc1cccc(C(F)(F)F)c1. The molecule has 0 aliphatic carbocycles. The van der Waals surface area contributed by atoms with Gasteiger partial charge in [-0.1, -0.05) is 41.0 Å². The Morgan fingerprint density at radius 1 is 1.15 bits per heavy atom. The first-order valence-corrected chi connectivity index (χ1v) is 7.76. The number of rotatable bonds is 3. The number of benzene rings is 2. The van der Waals surface area contributed by atoms with Crippen molar-refractivity contribution in [3.8, 4) is 17.0 Å². The molecule has 8 heteroatoms. The number of nitrogens with zero attached hydrogens (tertiary/aromatic N) is 1. The highest BCUT2D eigenvalue weighted by Crippen LogP contribution is 2.33. The van der Waals surface area contributed by atoms with Crippen molar-refractivity contribution < 1.29 is 27.2 Å². The predicted molar refractivity (Wildman–Crippen MR) is 88.1 cm³/mol. The Morgan fingerprint density at radius 2 is 1.88 bits per heavy atom. The Morgan fingerprint density at radius 3 is 2.58 bits per heavy atom. The largest absolute Gasteiger partial charge is 0.423 e. The molecule has 4 nitrogen and oxygen atoms in total. The van der Waals surface area contributed by atoms with Crippen LogP contribution in [0, 0.1) is 6.92 Å². The van der Waals surface area contributed by atoms with Crippen LogP contribution in [0.2, 0.25) is 5.02 Å². The van der Waals surface area contributed by atoms with Crippen molar-refractivity contribution >= 4 is 17.6 Å². The molecule has 0 bridgehead atoms. The number of halogens is 4. The molecule has 0 spiro atoms. The topological polar surface area (TPSA) is 52.3 Å². The molecule has 0 N–H and O–H groups in total. The summed E-state index contributed by atoms with van der Waals surface area (Å²) in [6.45, 7) is 1.50. The van der Waals surface area contributed by atoms with Crippen LogP contribution in [0.3, 0.4) is 0 Å². The molecule has 0 unspecified atom stereocenters. The van der Waals surface area contributed by atoms with Crippen LogP contribution in [-0.2, 0) is 6.18 Å². The summed E-state index contributed by atoms with van der Waals surface area (Å²) in [7, 11) is 0. The number of hydrogen-bond acceptors (Lipinski definition) is 4. The molecule has 3 aromatic rings. The van der Waals surface area contributed by atoms with E-state index in [1.54, 1.807) is 24.3 Å². The van der Waals surface area contributed by atoms with Crippen molar-refractivity contribution in [2.24, 2.45) is 0 Å². The van der Waals surface area contributed by atoms with Crippen LogP contribution in [0.4, 0.5) is 13.2 Å². The van der Waals surface area contributed by atoms with Gasteiger partial charge in [0, 0.05) is 5.56 Å². The van der Waals surface area contributed by atoms with E-state index in [1.165, 1.54) is 13.0 Å². The van der Waals surface area contributed by atoms with Crippen molar-refractivity contribution in [1.82, 2.24) is 5.16 Å². The minimum atomic E-state index is -4.54. The van der Waals surface area contributed by atoms with Crippen LogP contribution in [0.1, 0.15) is 21.7 Å². The fraction of sp³-hybridized carbons (Fsp3) is 0.111. The molecule has 0 saturated heterocycles. The van der Waals surface area contributed by atoms with Gasteiger partial charge in [-0.15, -0.1) is 0 Å². The van der Waals surface area contributed by atoms with Gasteiger partial charge in [0.2, 0.25) is 0 Å². The van der Waals surface area contributed by atoms with E-state index in [0.717, 1.165) is 18.2 Å². The van der Waals surface area contributed by atoms with Crippen molar-refractivity contribution in [3.05, 3.63) is 70.4 Å². The lowest BCUT2D eigenvalue weighted by Gasteiger charge is -2.09. The molecule has 0 fully saturated rings. The highest BCUT2D eigenvalue weighted by molar-refractivity contribution is 6.33. The molecule has 0 saturated carbocycles. The summed E-state index contributed by atoms with van der Waals surface area (Å²) in [5.41, 5.74) is -0.321. The number of carbonyl (C=O) groups excluding carboxylic acids is 1. The zero-order chi connectivity index (χ0) is 18.9. The van der Waals surface area contributed by atoms with Crippen LogP contribution in [-0.4, -0.2) is 11.1 Å². The Hall–Kier alpha value is -2.80. The van der Waals surface area contributed by atoms with E-state index in [4.69, 9.17) is 20.9 Å². The average Bonchev–Trinajstić information content (AvgIpc) is 2.96. The van der Waals surface area contributed by atoms with E-state index >= 15 is 0 Å². The Bertz CT molecular complexity index is 966. The first kappa shape index (κ1) is 18.0. The van der Waals surface area contributed by atoms with E-state index < -0.39 is 17.7 Å². The standard InChI is InChI=1S/C18H11ClF3NO3/c1-10-15(16(23-26-10)13-7-2-3-8-14(13)19)17(24)25-12-6-4-5-11(9-12)18(20,21)22/h2-9H,1H3. The molecule has 0 atom stereocenters. The number of aryl methyl sites for hydroxylation is 1. The number of aromatic nitrogens is 1. The molecule has 0 amide bonds. The second-order valence-corrected chi connectivity index (χ2v) is 5.76.